The Morgan fingerprint density at radius 1 is 0.269 bits per heavy atom. The van der Waals surface area contributed by atoms with Crippen LogP contribution >= 0.6 is 0 Å². The molecule has 2 fully saturated rings. The maximum absolute atomic E-state index is 6.12. The predicted octanol–water partition coefficient (Wildman–Crippen LogP) is 9.91. The molecule has 1 aliphatic heterocycles. The van der Waals surface area contributed by atoms with E-state index in [1.165, 1.54) is 161 Å². The van der Waals surface area contributed by atoms with E-state index in [0.717, 1.165) is 65.4 Å². The summed E-state index contributed by atoms with van der Waals surface area (Å²) in [6.45, 7) is 11.9. The van der Waals surface area contributed by atoms with Crippen LogP contribution in [0.1, 0.15) is 173 Å². The minimum absolute atomic E-state index is 0.613. The molecule has 0 aromatic heterocycles. The first-order valence-corrected chi connectivity index (χ1v) is 22.9. The summed E-state index contributed by atoms with van der Waals surface area (Å²) in [5.41, 5.74) is 0. The van der Waals surface area contributed by atoms with Gasteiger partial charge in [0.05, 0.1) is 66.1 Å². The van der Waals surface area contributed by atoms with E-state index >= 15 is 0 Å². The molecule has 0 aromatic rings. The van der Waals surface area contributed by atoms with Gasteiger partial charge >= 0.3 is 0 Å². The van der Waals surface area contributed by atoms with Gasteiger partial charge in [-0.1, -0.05) is 148 Å². The third kappa shape index (κ3) is 33.1. The van der Waals surface area contributed by atoms with Crippen molar-refractivity contribution in [2.24, 2.45) is 0 Å². The molecule has 0 unspecified atom stereocenters. The lowest BCUT2D eigenvalue weighted by molar-refractivity contribution is 0.0109. The Morgan fingerprint density at radius 3 is 0.865 bits per heavy atom. The van der Waals surface area contributed by atoms with Gasteiger partial charge in [-0.25, -0.2) is 0 Å². The SMILES string of the molecule is C1CCCCCCCCCCCCC(N2CCOCCOCCCCOCCOCCNCCOCCOCC2)CCCCCCCCCCCC1. The molecule has 1 saturated heterocycles. The zero-order chi connectivity index (χ0) is 36.5. The molecule has 2 rings (SSSR count). The van der Waals surface area contributed by atoms with Gasteiger partial charge in [0.2, 0.25) is 0 Å². The van der Waals surface area contributed by atoms with E-state index < -0.39 is 0 Å². The molecule has 0 bridgehead atoms. The third-order valence-corrected chi connectivity index (χ3v) is 10.9. The van der Waals surface area contributed by atoms with Gasteiger partial charge in [0.25, 0.3) is 0 Å². The molecule has 1 heterocycles. The molecule has 0 atom stereocenters. The van der Waals surface area contributed by atoms with Gasteiger partial charge in [-0.2, -0.15) is 0 Å². The van der Waals surface area contributed by atoms with Crippen molar-refractivity contribution in [2.45, 2.75) is 179 Å². The molecule has 1 N–H and O–H groups in total. The molecule has 0 amide bonds. The number of hydrogen-bond donors (Lipinski definition) is 1. The van der Waals surface area contributed by atoms with E-state index in [4.69, 9.17) is 28.4 Å². The highest BCUT2D eigenvalue weighted by atomic mass is 16.5. The average molecular weight is 741 g/mol. The van der Waals surface area contributed by atoms with E-state index in [2.05, 4.69) is 10.2 Å². The number of hydrogen-bond acceptors (Lipinski definition) is 8. The highest BCUT2D eigenvalue weighted by Crippen LogP contribution is 2.20. The van der Waals surface area contributed by atoms with Crippen LogP contribution in [0.4, 0.5) is 0 Å². The maximum Gasteiger partial charge on any atom is 0.0701 e. The molecule has 2 aliphatic rings. The normalized spacial score (nSPS) is 25.2. The number of nitrogens with one attached hydrogen (secondary N) is 1. The van der Waals surface area contributed by atoms with Crippen LogP contribution in [0.2, 0.25) is 0 Å². The first kappa shape index (κ1) is 47.8. The van der Waals surface area contributed by atoms with Crippen LogP contribution in [0.15, 0.2) is 0 Å². The van der Waals surface area contributed by atoms with E-state index in [-0.39, 0.29) is 0 Å². The summed E-state index contributed by atoms with van der Waals surface area (Å²) in [4.78, 5) is 2.70. The van der Waals surface area contributed by atoms with Crippen LogP contribution in [0, 0.1) is 0 Å². The molecule has 0 radical (unpaired) electrons. The largest absolute Gasteiger partial charge is 0.379 e. The van der Waals surface area contributed by atoms with Crippen LogP contribution < -0.4 is 5.32 Å². The van der Waals surface area contributed by atoms with Crippen molar-refractivity contribution in [3.8, 4) is 0 Å². The fourth-order valence-electron chi connectivity index (χ4n) is 7.61. The lowest BCUT2D eigenvalue weighted by Crippen LogP contribution is -2.40. The Bertz CT molecular complexity index is 581. The van der Waals surface area contributed by atoms with Crippen LogP contribution in [-0.2, 0) is 28.4 Å². The van der Waals surface area contributed by atoms with Crippen molar-refractivity contribution in [3.63, 3.8) is 0 Å². The monoisotopic (exact) mass is 741 g/mol. The third-order valence-electron chi connectivity index (χ3n) is 10.9. The summed E-state index contributed by atoms with van der Waals surface area (Å²) < 4.78 is 35.2. The summed E-state index contributed by atoms with van der Waals surface area (Å²) in [5, 5.41) is 3.38. The van der Waals surface area contributed by atoms with Crippen molar-refractivity contribution in [2.75, 3.05) is 105 Å². The van der Waals surface area contributed by atoms with Gasteiger partial charge in [0.15, 0.2) is 0 Å². The quantitative estimate of drug-likeness (QED) is 0.285. The number of nitrogens with zero attached hydrogens (tertiary/aromatic N) is 1. The fourth-order valence-corrected chi connectivity index (χ4v) is 7.61. The van der Waals surface area contributed by atoms with Crippen molar-refractivity contribution in [3.05, 3.63) is 0 Å². The topological polar surface area (TPSA) is 70.7 Å². The molecule has 8 nitrogen and oxygen atoms in total. The van der Waals surface area contributed by atoms with Gasteiger partial charge in [0, 0.05) is 45.4 Å². The summed E-state index contributed by atoms with van der Waals surface area (Å²) in [5.74, 6) is 0. The zero-order valence-electron chi connectivity index (χ0n) is 34.4. The van der Waals surface area contributed by atoms with Crippen LogP contribution in [0.5, 0.6) is 0 Å². The van der Waals surface area contributed by atoms with Crippen molar-refractivity contribution >= 4 is 0 Å². The summed E-state index contributed by atoms with van der Waals surface area (Å²) in [6.07, 6.45) is 37.5. The van der Waals surface area contributed by atoms with Crippen molar-refractivity contribution in [1.82, 2.24) is 10.2 Å². The van der Waals surface area contributed by atoms with E-state index in [9.17, 15) is 0 Å². The molecular weight excluding hydrogens is 652 g/mol. The smallest absolute Gasteiger partial charge is 0.0701 e. The second kappa shape index (κ2) is 40.3. The summed E-state index contributed by atoms with van der Waals surface area (Å²) in [6, 6.07) is 0.613. The highest BCUT2D eigenvalue weighted by Gasteiger charge is 2.18. The first-order chi connectivity index (χ1) is 26.0. The maximum atomic E-state index is 6.12. The molecule has 52 heavy (non-hydrogen) atoms. The second-order valence-corrected chi connectivity index (χ2v) is 15.5. The standard InChI is InChI=1S/C44H88N2O6/c1-2-4-6-8-10-12-14-16-18-20-22-26-44(27-23-21-19-17-15-13-11-9-7-5-3-1)46-30-36-51-42-39-48-33-25-24-32-47-38-40-49-34-28-45-29-35-50-41-43-52-37-31-46/h44-45H,1-43H2. The molecule has 1 saturated carbocycles. The fraction of sp³-hybridized carbons (Fsp3) is 1.00. The molecule has 0 aromatic carbocycles. The Kier molecular flexibility index (Phi) is 37.1. The Balaban J connectivity index is 1.83. The van der Waals surface area contributed by atoms with Crippen LogP contribution in [-0.4, -0.2) is 116 Å². The van der Waals surface area contributed by atoms with E-state index in [1.54, 1.807) is 0 Å². The molecular formula is C44H88N2O6. The van der Waals surface area contributed by atoms with Crippen molar-refractivity contribution < 1.29 is 28.4 Å². The van der Waals surface area contributed by atoms with Crippen molar-refractivity contribution in [1.29, 1.82) is 0 Å². The first-order valence-electron chi connectivity index (χ1n) is 22.9. The van der Waals surface area contributed by atoms with E-state index in [0.29, 0.717) is 58.9 Å². The molecule has 310 valence electrons. The minimum atomic E-state index is 0.613. The molecule has 1 aliphatic carbocycles. The summed E-state index contributed by atoms with van der Waals surface area (Å²) in [7, 11) is 0. The van der Waals surface area contributed by atoms with Gasteiger partial charge in [-0.3, -0.25) is 4.90 Å². The van der Waals surface area contributed by atoms with Gasteiger partial charge < -0.3 is 33.7 Å². The lowest BCUT2D eigenvalue weighted by Gasteiger charge is -2.32. The minimum Gasteiger partial charge on any atom is -0.379 e. The predicted molar refractivity (Wildman–Crippen MR) is 218 cm³/mol. The zero-order valence-corrected chi connectivity index (χ0v) is 34.4. The molecule has 0 spiro atoms. The second-order valence-electron chi connectivity index (χ2n) is 15.5. The Morgan fingerprint density at radius 2 is 0.538 bits per heavy atom. The highest BCUT2D eigenvalue weighted by molar-refractivity contribution is 4.73. The van der Waals surface area contributed by atoms with E-state index in [1.807, 2.05) is 0 Å². The Hall–Kier alpha value is -0.320. The van der Waals surface area contributed by atoms with Gasteiger partial charge in [-0.15, -0.1) is 0 Å². The Labute approximate surface area is 322 Å². The lowest BCUT2D eigenvalue weighted by atomic mass is 9.98. The average Bonchev–Trinajstić information content (AvgIpc) is 3.15. The number of ether oxygens (including phenoxy) is 6. The number of rotatable bonds is 1. The van der Waals surface area contributed by atoms with Gasteiger partial charge in [-0.05, 0) is 25.7 Å². The summed E-state index contributed by atoms with van der Waals surface area (Å²) >= 11 is 0. The van der Waals surface area contributed by atoms with Gasteiger partial charge in [0.1, 0.15) is 0 Å². The van der Waals surface area contributed by atoms with Crippen LogP contribution in [0.3, 0.4) is 0 Å². The molecule has 8 heteroatoms. The van der Waals surface area contributed by atoms with Crippen LogP contribution in [0.25, 0.3) is 0 Å².